The van der Waals surface area contributed by atoms with Crippen LogP contribution in [-0.4, -0.2) is 43.1 Å². The lowest BCUT2D eigenvalue weighted by atomic mass is 10.3. The molecule has 4 heterocycles. The first-order valence-electron chi connectivity index (χ1n) is 9.82. The monoisotopic (exact) mass is 420 g/mol. The number of hydrogen-bond donors (Lipinski definition) is 3. The minimum atomic E-state index is -0.316. The normalized spacial score (nSPS) is 13.4. The molecule has 0 aliphatic heterocycles. The Bertz CT molecular complexity index is 1350. The molecule has 0 bridgehead atoms. The maximum absolute atomic E-state index is 12.9. The third-order valence-electron chi connectivity index (χ3n) is 4.95. The maximum atomic E-state index is 12.9. The Morgan fingerprint density at radius 2 is 2.13 bits per heavy atom. The molecule has 0 saturated heterocycles. The van der Waals surface area contributed by atoms with Gasteiger partial charge < -0.3 is 20.4 Å². The Hall–Kier alpha value is -4.15. The number of nitrogens with zero attached hydrogens (tertiary/aromatic N) is 5. The highest BCUT2D eigenvalue weighted by Gasteiger charge is 2.26. The highest BCUT2D eigenvalue weighted by atomic mass is 16.3. The molecule has 3 N–H and O–H groups in total. The van der Waals surface area contributed by atoms with Gasteiger partial charge in [0.2, 0.25) is 0 Å². The summed E-state index contributed by atoms with van der Waals surface area (Å²) in [7, 11) is 1.74. The molecule has 4 aromatic rings. The van der Waals surface area contributed by atoms with E-state index in [1.807, 2.05) is 0 Å². The van der Waals surface area contributed by atoms with E-state index in [1.165, 1.54) is 17.0 Å². The van der Waals surface area contributed by atoms with Gasteiger partial charge in [0.15, 0.2) is 17.4 Å². The van der Waals surface area contributed by atoms with Gasteiger partial charge in [-0.3, -0.25) is 14.2 Å². The number of aromatic nitrogens is 5. The first kappa shape index (κ1) is 18.9. The standard InChI is InChI=1S/C20H20N8O3/c1-11-23-17(10-31-11)27-7-3-4-14(20(27)30)25-15-8-16(21-2)28-18(26-15)13(9-22-28)19(29)24-12-5-6-12/h3-4,7-10,12,21H,5-6H2,1-2H3,(H,24,29)(H,25,26). The summed E-state index contributed by atoms with van der Waals surface area (Å²) in [5, 5.41) is 13.3. The van der Waals surface area contributed by atoms with E-state index in [9.17, 15) is 9.59 Å². The quantitative estimate of drug-likeness (QED) is 0.431. The van der Waals surface area contributed by atoms with E-state index in [0.717, 1.165) is 12.8 Å². The summed E-state index contributed by atoms with van der Waals surface area (Å²) in [6.45, 7) is 1.71. The number of fused-ring (bicyclic) bond motifs is 1. The number of hydrogen-bond acceptors (Lipinski definition) is 8. The molecule has 11 nitrogen and oxygen atoms in total. The van der Waals surface area contributed by atoms with Crippen LogP contribution in [0.3, 0.4) is 0 Å². The first-order valence-corrected chi connectivity index (χ1v) is 9.82. The number of nitrogens with one attached hydrogen (secondary N) is 3. The van der Waals surface area contributed by atoms with Crippen LogP contribution in [0.15, 0.2) is 46.1 Å². The van der Waals surface area contributed by atoms with Crippen LogP contribution in [0.1, 0.15) is 29.1 Å². The van der Waals surface area contributed by atoms with Crippen molar-refractivity contribution >= 4 is 28.9 Å². The van der Waals surface area contributed by atoms with Gasteiger partial charge in [0, 0.05) is 32.3 Å². The number of anilines is 3. The van der Waals surface area contributed by atoms with Gasteiger partial charge in [-0.25, -0.2) is 4.98 Å². The van der Waals surface area contributed by atoms with Crippen molar-refractivity contribution in [3.8, 4) is 5.82 Å². The maximum Gasteiger partial charge on any atom is 0.280 e. The van der Waals surface area contributed by atoms with Crippen LogP contribution in [0, 0.1) is 6.92 Å². The van der Waals surface area contributed by atoms with E-state index in [0.29, 0.717) is 40.2 Å². The predicted molar refractivity (Wildman–Crippen MR) is 113 cm³/mol. The van der Waals surface area contributed by atoms with Crippen molar-refractivity contribution in [3.05, 3.63) is 58.7 Å². The molecule has 158 valence electrons. The zero-order valence-corrected chi connectivity index (χ0v) is 16.9. The number of carbonyl (C=O) groups excluding carboxylic acids is 1. The molecule has 1 aliphatic carbocycles. The van der Waals surface area contributed by atoms with Gasteiger partial charge in [-0.15, -0.1) is 0 Å². The molecule has 1 aliphatic rings. The lowest BCUT2D eigenvalue weighted by molar-refractivity contribution is 0.0952. The van der Waals surface area contributed by atoms with E-state index in [2.05, 4.69) is 31.0 Å². The average molecular weight is 420 g/mol. The van der Waals surface area contributed by atoms with Crippen molar-refractivity contribution in [2.45, 2.75) is 25.8 Å². The van der Waals surface area contributed by atoms with Gasteiger partial charge in [-0.05, 0) is 25.0 Å². The molecule has 0 aromatic carbocycles. The van der Waals surface area contributed by atoms with Crippen LogP contribution in [0.2, 0.25) is 0 Å². The van der Waals surface area contributed by atoms with Gasteiger partial charge in [-0.2, -0.15) is 14.6 Å². The van der Waals surface area contributed by atoms with Crippen LogP contribution in [0.4, 0.5) is 17.3 Å². The summed E-state index contributed by atoms with van der Waals surface area (Å²) in [5.41, 5.74) is 0.737. The summed E-state index contributed by atoms with van der Waals surface area (Å²) in [6.07, 6.45) is 6.49. The first-order chi connectivity index (χ1) is 15.0. The van der Waals surface area contributed by atoms with Crippen LogP contribution in [0.25, 0.3) is 11.5 Å². The van der Waals surface area contributed by atoms with E-state index >= 15 is 0 Å². The highest BCUT2D eigenvalue weighted by molar-refractivity contribution is 6.00. The molecule has 0 spiro atoms. The summed E-state index contributed by atoms with van der Waals surface area (Å²) in [4.78, 5) is 34.3. The molecular formula is C20H20N8O3. The number of aryl methyl sites for hydroxylation is 1. The molecule has 5 rings (SSSR count). The number of amides is 1. The Morgan fingerprint density at radius 1 is 1.29 bits per heavy atom. The van der Waals surface area contributed by atoms with E-state index in [4.69, 9.17) is 4.42 Å². The Balaban J connectivity index is 1.53. The van der Waals surface area contributed by atoms with Crippen molar-refractivity contribution in [1.82, 2.24) is 29.5 Å². The van der Waals surface area contributed by atoms with Crippen LogP contribution in [-0.2, 0) is 0 Å². The second kappa shape index (κ2) is 7.27. The number of pyridine rings is 1. The van der Waals surface area contributed by atoms with Gasteiger partial charge >= 0.3 is 0 Å². The second-order valence-corrected chi connectivity index (χ2v) is 7.26. The Kier molecular flexibility index (Phi) is 4.42. The molecule has 11 heteroatoms. The summed E-state index contributed by atoms with van der Waals surface area (Å²) in [5.74, 6) is 1.64. The number of oxazole rings is 1. The molecule has 31 heavy (non-hydrogen) atoms. The summed E-state index contributed by atoms with van der Waals surface area (Å²) in [6, 6.07) is 5.29. The summed E-state index contributed by atoms with van der Waals surface area (Å²) >= 11 is 0. The van der Waals surface area contributed by atoms with Crippen LogP contribution in [0.5, 0.6) is 0 Å². The van der Waals surface area contributed by atoms with Crippen LogP contribution < -0.4 is 21.5 Å². The minimum Gasteiger partial charge on any atom is -0.447 e. The smallest absolute Gasteiger partial charge is 0.280 e. The van der Waals surface area contributed by atoms with Gasteiger partial charge in [0.1, 0.15) is 29.1 Å². The molecule has 0 atom stereocenters. The molecule has 0 unspecified atom stereocenters. The van der Waals surface area contributed by atoms with Crippen molar-refractivity contribution in [2.24, 2.45) is 0 Å². The molecular weight excluding hydrogens is 400 g/mol. The highest BCUT2D eigenvalue weighted by Crippen LogP contribution is 2.23. The fourth-order valence-electron chi connectivity index (χ4n) is 3.23. The van der Waals surface area contributed by atoms with Crippen molar-refractivity contribution in [1.29, 1.82) is 0 Å². The molecule has 0 radical (unpaired) electrons. The van der Waals surface area contributed by atoms with Crippen LogP contribution >= 0.6 is 0 Å². The zero-order chi connectivity index (χ0) is 21.5. The predicted octanol–water partition coefficient (Wildman–Crippen LogP) is 1.85. The third-order valence-corrected chi connectivity index (χ3v) is 4.95. The van der Waals surface area contributed by atoms with Gasteiger partial charge in [0.05, 0.1) is 6.20 Å². The Labute approximate surface area is 176 Å². The van der Waals surface area contributed by atoms with E-state index in [-0.39, 0.29) is 17.5 Å². The second-order valence-electron chi connectivity index (χ2n) is 7.26. The zero-order valence-electron chi connectivity index (χ0n) is 16.9. The molecule has 1 fully saturated rings. The molecule has 4 aromatic heterocycles. The van der Waals surface area contributed by atoms with E-state index < -0.39 is 0 Å². The lowest BCUT2D eigenvalue weighted by Gasteiger charge is -2.11. The number of rotatable bonds is 6. The van der Waals surface area contributed by atoms with Crippen molar-refractivity contribution in [2.75, 3.05) is 17.7 Å². The molecule has 1 saturated carbocycles. The fourth-order valence-corrected chi connectivity index (χ4v) is 3.23. The SMILES string of the molecule is CNc1cc(Nc2cccn(-c3coc(C)n3)c2=O)nc2c(C(=O)NC3CC3)cnn12. The third kappa shape index (κ3) is 3.50. The largest absolute Gasteiger partial charge is 0.447 e. The number of carbonyl (C=O) groups is 1. The van der Waals surface area contributed by atoms with Crippen molar-refractivity contribution < 1.29 is 9.21 Å². The Morgan fingerprint density at radius 3 is 2.84 bits per heavy atom. The fraction of sp³-hybridized carbons (Fsp3) is 0.250. The minimum absolute atomic E-state index is 0.215. The van der Waals surface area contributed by atoms with Gasteiger partial charge in [-0.1, -0.05) is 0 Å². The molecule has 1 amide bonds. The van der Waals surface area contributed by atoms with Gasteiger partial charge in [0.25, 0.3) is 11.5 Å². The topological polar surface area (TPSA) is 131 Å². The lowest BCUT2D eigenvalue weighted by Crippen LogP contribution is -2.25. The summed E-state index contributed by atoms with van der Waals surface area (Å²) < 4.78 is 8.14. The van der Waals surface area contributed by atoms with E-state index in [1.54, 1.807) is 42.9 Å². The average Bonchev–Trinajstić information content (AvgIpc) is 3.29. The van der Waals surface area contributed by atoms with Crippen molar-refractivity contribution in [3.63, 3.8) is 0 Å².